The van der Waals surface area contributed by atoms with E-state index in [0.717, 1.165) is 66.2 Å². The van der Waals surface area contributed by atoms with Crippen LogP contribution in [-0.4, -0.2) is 66.2 Å². The lowest BCUT2D eigenvalue weighted by atomic mass is 9.80. The van der Waals surface area contributed by atoms with Gasteiger partial charge in [0.1, 0.15) is 5.75 Å². The lowest BCUT2D eigenvalue weighted by Gasteiger charge is -2.31. The van der Waals surface area contributed by atoms with Crippen molar-refractivity contribution in [3.63, 3.8) is 0 Å². The molecule has 0 radical (unpaired) electrons. The molecule has 2 aromatic carbocycles. The predicted molar refractivity (Wildman–Crippen MR) is 160 cm³/mol. The van der Waals surface area contributed by atoms with E-state index in [1.807, 2.05) is 50.4 Å². The van der Waals surface area contributed by atoms with E-state index in [4.69, 9.17) is 10.00 Å². The molecule has 0 atom stereocenters. The molecule has 3 heterocycles. The lowest BCUT2D eigenvalue weighted by Crippen LogP contribution is -2.39. The first kappa shape index (κ1) is 28.9. The highest BCUT2D eigenvalue weighted by molar-refractivity contribution is 6.58. The smallest absolute Gasteiger partial charge is 0.438 e. The minimum atomic E-state index is -1.47. The van der Waals surface area contributed by atoms with Crippen LogP contribution in [0.15, 0.2) is 60.9 Å². The molecule has 42 heavy (non-hydrogen) atoms. The van der Waals surface area contributed by atoms with Gasteiger partial charge in [-0.05, 0) is 72.6 Å². The first-order chi connectivity index (χ1) is 20.4. The number of hydrogen-bond donors (Lipinski definition) is 3. The van der Waals surface area contributed by atoms with Gasteiger partial charge in [-0.3, -0.25) is 4.90 Å². The summed E-state index contributed by atoms with van der Waals surface area (Å²) in [6.45, 7) is 7.07. The zero-order valence-electron chi connectivity index (χ0n) is 23.7. The number of benzene rings is 2. The van der Waals surface area contributed by atoms with Gasteiger partial charge in [-0.1, -0.05) is 29.5 Å². The summed E-state index contributed by atoms with van der Waals surface area (Å²) in [6.07, 6.45) is 8.78. The van der Waals surface area contributed by atoms with Crippen LogP contribution in [0.5, 0.6) is 11.6 Å². The molecule has 11 nitrogen and oxygen atoms in total. The second-order valence-corrected chi connectivity index (χ2v) is 10.5. The Morgan fingerprint density at radius 2 is 1.83 bits per heavy atom. The van der Waals surface area contributed by atoms with E-state index in [9.17, 15) is 10.0 Å². The maximum absolute atomic E-state index is 9.26. The van der Waals surface area contributed by atoms with Crippen LogP contribution in [0.1, 0.15) is 40.8 Å². The fourth-order valence-corrected chi connectivity index (χ4v) is 5.07. The number of likely N-dealkylation sites (tertiary alicyclic amines) is 1. The number of nitrogens with one attached hydrogen (secondary N) is 1. The molecular weight excluding hydrogens is 531 g/mol. The Labute approximate surface area is 245 Å². The molecule has 5 rings (SSSR count). The van der Waals surface area contributed by atoms with E-state index in [-0.39, 0.29) is 6.04 Å². The van der Waals surface area contributed by atoms with Crippen molar-refractivity contribution in [2.45, 2.75) is 45.8 Å². The van der Waals surface area contributed by atoms with Crippen molar-refractivity contribution < 1.29 is 14.8 Å². The van der Waals surface area contributed by atoms with Gasteiger partial charge < -0.3 is 20.1 Å². The minimum Gasteiger partial charge on any atom is -0.438 e. The zero-order valence-corrected chi connectivity index (χ0v) is 23.7. The van der Waals surface area contributed by atoms with Crippen LogP contribution in [0.3, 0.4) is 0 Å². The number of nitrogens with zero attached hydrogens (tertiary/aromatic N) is 7. The molecule has 1 fully saturated rings. The molecule has 2 aromatic heterocycles. The fourth-order valence-electron chi connectivity index (χ4n) is 5.07. The number of piperidine rings is 1. The number of ether oxygens (including phenoxy) is 1. The number of nitriles is 1. The Morgan fingerprint density at radius 1 is 1.10 bits per heavy atom. The standard InChI is InChI=1S/C30H33BN8O3/c1-21-16-24(4-3-12-32)17-22(2)29(21)42-28-9-13-33-30(35-28)34-26-10-14-38(15-11-26)19-27-20-39(37-36-27)18-23-5-7-25(8-6-23)31(40)41/h3-9,13,16-17,20,26,40-41H,10-11,14-15,18-19H2,1-2H3,(H,33,34,35)/b4-3+. The number of hydrogen-bond acceptors (Lipinski definition) is 10. The van der Waals surface area contributed by atoms with Gasteiger partial charge >= 0.3 is 7.12 Å². The number of rotatable bonds is 10. The summed E-state index contributed by atoms with van der Waals surface area (Å²) in [4.78, 5) is 11.4. The molecule has 0 saturated carbocycles. The molecule has 214 valence electrons. The van der Waals surface area contributed by atoms with E-state index in [2.05, 4.69) is 30.5 Å². The van der Waals surface area contributed by atoms with Crippen LogP contribution in [-0.2, 0) is 13.1 Å². The van der Waals surface area contributed by atoms with Gasteiger partial charge in [-0.2, -0.15) is 10.2 Å². The summed E-state index contributed by atoms with van der Waals surface area (Å²) < 4.78 is 7.94. The fraction of sp³-hybridized carbons (Fsp3) is 0.300. The molecule has 1 aliphatic heterocycles. The highest BCUT2D eigenvalue weighted by Crippen LogP contribution is 2.30. The van der Waals surface area contributed by atoms with Crippen molar-refractivity contribution >= 4 is 24.6 Å². The third-order valence-electron chi connectivity index (χ3n) is 7.18. The van der Waals surface area contributed by atoms with Crippen LogP contribution in [0.4, 0.5) is 5.95 Å². The molecule has 0 bridgehead atoms. The molecule has 1 aliphatic rings. The van der Waals surface area contributed by atoms with Crippen molar-refractivity contribution in [3.8, 4) is 17.7 Å². The van der Waals surface area contributed by atoms with E-state index < -0.39 is 7.12 Å². The normalized spacial score (nSPS) is 14.2. The molecule has 0 amide bonds. The SMILES string of the molecule is Cc1cc(/C=C/C#N)cc(C)c1Oc1ccnc(NC2CCN(Cc3cn(Cc4ccc(B(O)O)cc4)nn3)CC2)n1. The van der Waals surface area contributed by atoms with Crippen molar-refractivity contribution in [2.75, 3.05) is 18.4 Å². The van der Waals surface area contributed by atoms with Crippen molar-refractivity contribution in [1.29, 1.82) is 5.26 Å². The Morgan fingerprint density at radius 3 is 2.52 bits per heavy atom. The van der Waals surface area contributed by atoms with Crippen LogP contribution < -0.4 is 15.5 Å². The van der Waals surface area contributed by atoms with Gasteiger partial charge in [0.25, 0.3) is 0 Å². The van der Waals surface area contributed by atoms with Gasteiger partial charge in [0.05, 0.1) is 24.5 Å². The van der Waals surface area contributed by atoms with E-state index in [1.165, 1.54) is 6.08 Å². The van der Waals surface area contributed by atoms with Crippen molar-refractivity contribution in [1.82, 2.24) is 29.9 Å². The van der Waals surface area contributed by atoms with Gasteiger partial charge in [-0.15, -0.1) is 5.10 Å². The maximum atomic E-state index is 9.26. The molecule has 0 aliphatic carbocycles. The third kappa shape index (κ3) is 7.58. The summed E-state index contributed by atoms with van der Waals surface area (Å²) in [7, 11) is -1.47. The molecule has 3 N–H and O–H groups in total. The van der Waals surface area contributed by atoms with Gasteiger partial charge in [0, 0.05) is 44.0 Å². The highest BCUT2D eigenvalue weighted by atomic mass is 16.5. The summed E-state index contributed by atoms with van der Waals surface area (Å²) in [6, 6.07) is 15.1. The minimum absolute atomic E-state index is 0.252. The molecule has 12 heteroatoms. The molecule has 4 aromatic rings. The van der Waals surface area contributed by atoms with E-state index in [0.29, 0.717) is 23.8 Å². The average molecular weight is 564 g/mol. The number of aryl methyl sites for hydroxylation is 2. The van der Waals surface area contributed by atoms with Gasteiger partial charge in [0.2, 0.25) is 11.8 Å². The summed E-state index contributed by atoms with van der Waals surface area (Å²) in [5.74, 6) is 1.76. The highest BCUT2D eigenvalue weighted by Gasteiger charge is 2.21. The average Bonchev–Trinajstić information content (AvgIpc) is 3.42. The topological polar surface area (TPSA) is 145 Å². The Kier molecular flexibility index (Phi) is 9.23. The van der Waals surface area contributed by atoms with E-state index in [1.54, 1.807) is 35.2 Å². The summed E-state index contributed by atoms with van der Waals surface area (Å²) >= 11 is 0. The summed E-state index contributed by atoms with van der Waals surface area (Å²) in [5.41, 5.74) is 5.26. The molecule has 0 unspecified atom stereocenters. The lowest BCUT2D eigenvalue weighted by molar-refractivity contribution is 0.208. The molecule has 1 saturated heterocycles. The van der Waals surface area contributed by atoms with Crippen molar-refractivity contribution in [3.05, 3.63) is 88.9 Å². The number of anilines is 1. The first-order valence-electron chi connectivity index (χ1n) is 13.9. The second-order valence-electron chi connectivity index (χ2n) is 10.5. The number of allylic oxidation sites excluding steroid dienone is 1. The van der Waals surface area contributed by atoms with Gasteiger partial charge in [-0.25, -0.2) is 9.67 Å². The zero-order chi connectivity index (χ0) is 29.5. The summed E-state index contributed by atoms with van der Waals surface area (Å²) in [5, 5.41) is 39.4. The van der Waals surface area contributed by atoms with E-state index >= 15 is 0 Å². The quantitative estimate of drug-likeness (QED) is 0.194. The Balaban J connectivity index is 1.11. The van der Waals surface area contributed by atoms with Crippen LogP contribution in [0, 0.1) is 25.2 Å². The van der Waals surface area contributed by atoms with Crippen LogP contribution >= 0.6 is 0 Å². The Bertz CT molecular complexity index is 1550. The molecular formula is C30H33BN8O3. The van der Waals surface area contributed by atoms with Crippen LogP contribution in [0.2, 0.25) is 0 Å². The molecule has 0 spiro atoms. The monoisotopic (exact) mass is 564 g/mol. The first-order valence-corrected chi connectivity index (χ1v) is 13.9. The van der Waals surface area contributed by atoms with Gasteiger partial charge in [0.15, 0.2) is 0 Å². The van der Waals surface area contributed by atoms with Crippen LogP contribution in [0.25, 0.3) is 6.08 Å². The second kappa shape index (κ2) is 13.4. The predicted octanol–water partition coefficient (Wildman–Crippen LogP) is 2.82. The third-order valence-corrected chi connectivity index (χ3v) is 7.18. The maximum Gasteiger partial charge on any atom is 0.488 e. The van der Waals surface area contributed by atoms with Crippen molar-refractivity contribution in [2.24, 2.45) is 0 Å². The number of aromatic nitrogens is 5. The Hall–Kier alpha value is -4.57. The largest absolute Gasteiger partial charge is 0.488 e.